The molecular weight excluding hydrogens is 399 g/mol. The lowest BCUT2D eigenvalue weighted by Crippen LogP contribution is -2.27. The third-order valence-corrected chi connectivity index (χ3v) is 5.80. The van der Waals surface area contributed by atoms with Gasteiger partial charge >= 0.3 is 0 Å². The highest BCUT2D eigenvalue weighted by molar-refractivity contribution is 6.18. The molecule has 0 aromatic heterocycles. The van der Waals surface area contributed by atoms with E-state index in [4.69, 9.17) is 28.2 Å². The Morgan fingerprint density at radius 3 is 2.41 bits per heavy atom. The average Bonchev–Trinajstić information content (AvgIpc) is 3.10. The van der Waals surface area contributed by atoms with Crippen LogP contribution in [0.15, 0.2) is 65.7 Å². The van der Waals surface area contributed by atoms with Gasteiger partial charge in [-0.15, -0.1) is 23.2 Å². The van der Waals surface area contributed by atoms with Crippen LogP contribution in [0.3, 0.4) is 0 Å². The zero-order valence-electron chi connectivity index (χ0n) is 16.5. The number of nitrogens with zero attached hydrogens (tertiary/aromatic N) is 2. The number of hydrogen-bond acceptors (Lipinski definition) is 2. The number of aliphatic imine (C=N–C) groups is 1. The van der Waals surface area contributed by atoms with Crippen molar-refractivity contribution in [3.8, 4) is 11.1 Å². The third-order valence-electron chi connectivity index (χ3n) is 5.46. The van der Waals surface area contributed by atoms with Gasteiger partial charge in [0.2, 0.25) is 0 Å². The van der Waals surface area contributed by atoms with Crippen molar-refractivity contribution in [1.82, 2.24) is 0 Å². The van der Waals surface area contributed by atoms with E-state index >= 15 is 0 Å². The predicted octanol–water partition coefficient (Wildman–Crippen LogP) is 6.60. The summed E-state index contributed by atoms with van der Waals surface area (Å²) in [6.45, 7) is 3.70. The lowest BCUT2D eigenvalue weighted by atomic mass is 10.1. The van der Waals surface area contributed by atoms with Crippen LogP contribution in [0.2, 0.25) is 0 Å². The van der Waals surface area contributed by atoms with Crippen LogP contribution in [0.1, 0.15) is 22.3 Å². The lowest BCUT2D eigenvalue weighted by molar-refractivity contribution is 0.873. The topological polar surface area (TPSA) is 15.6 Å². The van der Waals surface area contributed by atoms with Gasteiger partial charge in [-0.05, 0) is 71.0 Å². The number of hydrogen-bond donors (Lipinski definition) is 0. The zero-order valence-corrected chi connectivity index (χ0v) is 18.0. The maximum absolute atomic E-state index is 5.93. The lowest BCUT2D eigenvalue weighted by Gasteiger charge is -2.23. The molecule has 0 spiro atoms. The summed E-state index contributed by atoms with van der Waals surface area (Å²) in [5.74, 6) is 1.17. The van der Waals surface area contributed by atoms with Gasteiger partial charge in [-0.2, -0.15) is 0 Å². The normalized spacial score (nSPS) is 12.2. The van der Waals surface area contributed by atoms with Crippen LogP contribution < -0.4 is 4.90 Å². The van der Waals surface area contributed by atoms with Crippen LogP contribution in [0.25, 0.3) is 11.1 Å². The molecule has 0 saturated heterocycles. The Bertz CT molecular complexity index is 1040. The molecule has 3 aromatic rings. The summed E-state index contributed by atoms with van der Waals surface area (Å²) in [5.41, 5.74) is 9.88. The molecule has 0 radical (unpaired) electrons. The summed E-state index contributed by atoms with van der Waals surface area (Å²) >= 11 is 11.9. The number of fused-ring (bicyclic) bond motifs is 3. The van der Waals surface area contributed by atoms with Crippen LogP contribution in [-0.2, 0) is 6.42 Å². The molecule has 2 nitrogen and oxygen atoms in total. The third kappa shape index (κ3) is 4.34. The molecule has 4 rings (SSSR count). The fourth-order valence-corrected chi connectivity index (χ4v) is 4.34. The Balaban J connectivity index is 1.53. The summed E-state index contributed by atoms with van der Waals surface area (Å²) in [6.07, 6.45) is 2.94. The Morgan fingerprint density at radius 1 is 0.897 bits per heavy atom. The number of anilines is 1. The van der Waals surface area contributed by atoms with Crippen LogP contribution in [-0.4, -0.2) is 31.1 Å². The minimum Gasteiger partial charge on any atom is -0.369 e. The van der Waals surface area contributed by atoms with Gasteiger partial charge in [0.05, 0.1) is 5.69 Å². The first-order chi connectivity index (χ1) is 14.2. The number of benzene rings is 3. The molecule has 0 atom stereocenters. The van der Waals surface area contributed by atoms with E-state index in [-0.39, 0.29) is 0 Å². The van der Waals surface area contributed by atoms with Crippen LogP contribution in [0, 0.1) is 6.92 Å². The largest absolute Gasteiger partial charge is 0.369 e. The van der Waals surface area contributed by atoms with Crippen LogP contribution in [0.5, 0.6) is 0 Å². The standard InChI is InChI=1S/C25H24Cl2N2/c1-18-14-23(29(12-10-26)13-11-27)8-6-20(18)17-28-22-7-9-25-21(16-22)15-19-4-2-3-5-24(19)25/h2-9,14,16-17H,10-13,15H2,1H3. The van der Waals surface area contributed by atoms with Gasteiger partial charge in [-0.3, -0.25) is 4.99 Å². The monoisotopic (exact) mass is 422 g/mol. The summed E-state index contributed by atoms with van der Waals surface area (Å²) in [7, 11) is 0. The van der Waals surface area contributed by atoms with E-state index in [0.29, 0.717) is 11.8 Å². The number of aryl methyl sites for hydroxylation is 1. The number of halogens is 2. The van der Waals surface area contributed by atoms with Crippen molar-refractivity contribution in [2.45, 2.75) is 13.3 Å². The quantitative estimate of drug-likeness (QED) is 0.242. The Labute approximate surface area is 182 Å². The van der Waals surface area contributed by atoms with Crippen LogP contribution in [0.4, 0.5) is 11.4 Å². The van der Waals surface area contributed by atoms with Gasteiger partial charge in [0.1, 0.15) is 0 Å². The first-order valence-electron chi connectivity index (χ1n) is 9.92. The van der Waals surface area contributed by atoms with E-state index in [2.05, 4.69) is 72.5 Å². The fourth-order valence-electron chi connectivity index (χ4n) is 3.93. The molecule has 1 aliphatic carbocycles. The molecular formula is C25H24Cl2N2. The first-order valence-corrected chi connectivity index (χ1v) is 11.0. The van der Waals surface area contributed by atoms with Gasteiger partial charge in [-0.25, -0.2) is 0 Å². The van der Waals surface area contributed by atoms with Crippen molar-refractivity contribution in [2.24, 2.45) is 4.99 Å². The highest BCUT2D eigenvalue weighted by atomic mass is 35.5. The van der Waals surface area contributed by atoms with Crippen molar-refractivity contribution in [3.63, 3.8) is 0 Å². The number of rotatable bonds is 7. The maximum atomic E-state index is 5.93. The van der Waals surface area contributed by atoms with Crippen molar-refractivity contribution < 1.29 is 0 Å². The first kappa shape index (κ1) is 20.0. The molecule has 0 amide bonds. The summed E-state index contributed by atoms with van der Waals surface area (Å²) in [6, 6.07) is 21.5. The van der Waals surface area contributed by atoms with Crippen molar-refractivity contribution in [1.29, 1.82) is 0 Å². The smallest absolute Gasteiger partial charge is 0.0633 e. The van der Waals surface area contributed by atoms with E-state index < -0.39 is 0 Å². The summed E-state index contributed by atoms with van der Waals surface area (Å²) in [4.78, 5) is 6.96. The minimum atomic E-state index is 0.585. The van der Waals surface area contributed by atoms with Crippen LogP contribution >= 0.6 is 23.2 Å². The second-order valence-corrected chi connectivity index (χ2v) is 8.10. The van der Waals surface area contributed by atoms with Crippen molar-refractivity contribution in [2.75, 3.05) is 29.7 Å². The fraction of sp³-hybridized carbons (Fsp3) is 0.240. The van der Waals surface area contributed by atoms with E-state index in [9.17, 15) is 0 Å². The Morgan fingerprint density at radius 2 is 1.66 bits per heavy atom. The average molecular weight is 423 g/mol. The molecule has 0 heterocycles. The van der Waals surface area contributed by atoms with Gasteiger partial charge in [0.15, 0.2) is 0 Å². The van der Waals surface area contributed by atoms with Crippen molar-refractivity contribution in [3.05, 3.63) is 82.9 Å². The molecule has 0 aliphatic heterocycles. The second-order valence-electron chi connectivity index (χ2n) is 7.34. The minimum absolute atomic E-state index is 0.585. The SMILES string of the molecule is Cc1cc(N(CCCl)CCCl)ccc1C=Nc1ccc2c(c1)Cc1ccccc1-2. The van der Waals surface area contributed by atoms with Gasteiger partial charge in [0.25, 0.3) is 0 Å². The molecule has 0 saturated carbocycles. The van der Waals surface area contributed by atoms with E-state index in [1.165, 1.54) is 27.8 Å². The molecule has 148 valence electrons. The second kappa shape index (κ2) is 9.02. The molecule has 4 heteroatoms. The molecule has 1 aliphatic rings. The highest BCUT2D eigenvalue weighted by Crippen LogP contribution is 2.38. The van der Waals surface area contributed by atoms with E-state index in [1.807, 2.05) is 6.21 Å². The Hall–Kier alpha value is -2.29. The molecule has 0 unspecified atom stereocenters. The number of alkyl halides is 2. The van der Waals surface area contributed by atoms with Gasteiger partial charge < -0.3 is 4.90 Å². The molecule has 0 fully saturated rings. The van der Waals surface area contributed by atoms with Gasteiger partial charge in [0, 0.05) is 36.8 Å². The molecule has 3 aromatic carbocycles. The summed E-state index contributed by atoms with van der Waals surface area (Å²) < 4.78 is 0. The highest BCUT2D eigenvalue weighted by Gasteiger charge is 2.17. The van der Waals surface area contributed by atoms with E-state index in [1.54, 1.807) is 0 Å². The molecule has 0 N–H and O–H groups in total. The van der Waals surface area contributed by atoms with Crippen molar-refractivity contribution >= 4 is 40.8 Å². The Kier molecular flexibility index (Phi) is 6.22. The van der Waals surface area contributed by atoms with Gasteiger partial charge in [-0.1, -0.05) is 36.4 Å². The maximum Gasteiger partial charge on any atom is 0.0633 e. The zero-order chi connectivity index (χ0) is 20.2. The predicted molar refractivity (Wildman–Crippen MR) is 127 cm³/mol. The van der Waals surface area contributed by atoms with E-state index in [0.717, 1.165) is 36.4 Å². The summed E-state index contributed by atoms with van der Waals surface area (Å²) in [5, 5.41) is 0. The molecule has 29 heavy (non-hydrogen) atoms. The molecule has 0 bridgehead atoms.